The van der Waals surface area contributed by atoms with Crippen molar-refractivity contribution in [2.24, 2.45) is 0 Å². The quantitative estimate of drug-likeness (QED) is 0.322. The molecule has 2 aromatic heterocycles. The average Bonchev–Trinajstić information content (AvgIpc) is 3.02. The minimum atomic E-state index is -0.406. The highest BCUT2D eigenvalue weighted by molar-refractivity contribution is 5.69. The highest BCUT2D eigenvalue weighted by atomic mass is 16.6. The van der Waals surface area contributed by atoms with Crippen LogP contribution in [-0.2, 0) is 6.54 Å². The predicted molar refractivity (Wildman–Crippen MR) is 99.1 cm³/mol. The van der Waals surface area contributed by atoms with Crippen molar-refractivity contribution in [1.29, 1.82) is 0 Å². The van der Waals surface area contributed by atoms with Gasteiger partial charge in [-0.25, -0.2) is 15.0 Å². The molecule has 0 spiro atoms. The summed E-state index contributed by atoms with van der Waals surface area (Å²) >= 11 is 0. The smallest absolute Gasteiger partial charge is 0.353 e. The molecule has 0 aliphatic heterocycles. The highest BCUT2D eigenvalue weighted by Crippen LogP contribution is 2.31. The SMILES string of the molecule is O=[N+]([O-])c1c(NCCCn2ccnc2)ncnc1NC1CCCCCC1. The zero-order chi connectivity index (χ0) is 18.2. The monoisotopic (exact) mass is 359 g/mol. The van der Waals surface area contributed by atoms with Gasteiger partial charge in [-0.2, -0.15) is 0 Å². The molecular weight excluding hydrogens is 334 g/mol. The summed E-state index contributed by atoms with van der Waals surface area (Å²) < 4.78 is 1.97. The Balaban J connectivity index is 1.64. The van der Waals surface area contributed by atoms with E-state index in [0.29, 0.717) is 12.4 Å². The Morgan fingerprint density at radius 3 is 2.65 bits per heavy atom. The number of hydrogen-bond acceptors (Lipinski definition) is 7. The van der Waals surface area contributed by atoms with E-state index in [1.54, 1.807) is 12.5 Å². The fourth-order valence-electron chi connectivity index (χ4n) is 3.29. The summed E-state index contributed by atoms with van der Waals surface area (Å²) in [5.41, 5.74) is -0.0700. The van der Waals surface area contributed by atoms with E-state index in [2.05, 4.69) is 25.6 Å². The molecule has 9 heteroatoms. The van der Waals surface area contributed by atoms with Gasteiger partial charge in [-0.1, -0.05) is 25.7 Å². The summed E-state index contributed by atoms with van der Waals surface area (Å²) in [6, 6.07) is 0.236. The first-order valence-electron chi connectivity index (χ1n) is 9.19. The molecule has 2 aromatic rings. The zero-order valence-corrected chi connectivity index (χ0v) is 14.8. The Bertz CT molecular complexity index is 697. The van der Waals surface area contributed by atoms with Crippen LogP contribution < -0.4 is 10.6 Å². The number of aryl methyl sites for hydroxylation is 1. The fourth-order valence-corrected chi connectivity index (χ4v) is 3.29. The van der Waals surface area contributed by atoms with Gasteiger partial charge in [0.15, 0.2) is 0 Å². The fraction of sp³-hybridized carbons (Fsp3) is 0.588. The molecule has 2 N–H and O–H groups in total. The molecule has 140 valence electrons. The number of nitro groups is 1. The molecule has 0 amide bonds. The number of aromatic nitrogens is 4. The van der Waals surface area contributed by atoms with Gasteiger partial charge in [0.25, 0.3) is 0 Å². The molecule has 1 fully saturated rings. The van der Waals surface area contributed by atoms with E-state index in [9.17, 15) is 10.1 Å². The minimum absolute atomic E-state index is 0.0700. The van der Waals surface area contributed by atoms with Crippen LogP contribution in [0.1, 0.15) is 44.9 Å². The van der Waals surface area contributed by atoms with Crippen molar-refractivity contribution in [3.63, 3.8) is 0 Å². The first-order valence-corrected chi connectivity index (χ1v) is 9.19. The topological polar surface area (TPSA) is 111 Å². The van der Waals surface area contributed by atoms with Crippen LogP contribution in [-0.4, -0.2) is 37.0 Å². The summed E-state index contributed by atoms with van der Waals surface area (Å²) in [6.07, 6.45) is 14.4. The number of rotatable bonds is 8. The van der Waals surface area contributed by atoms with Gasteiger partial charge in [-0.15, -0.1) is 0 Å². The maximum Gasteiger partial charge on any atom is 0.353 e. The standard InChI is InChI=1S/C17H25N7O2/c25-24(26)15-16(19-8-5-10-23-11-9-18-13-23)20-12-21-17(15)22-14-6-3-1-2-4-7-14/h9,11-14H,1-8,10H2,(H2,19,20,21,22). The molecule has 0 atom stereocenters. The highest BCUT2D eigenvalue weighted by Gasteiger charge is 2.25. The zero-order valence-electron chi connectivity index (χ0n) is 14.8. The van der Waals surface area contributed by atoms with Crippen LogP contribution in [0.3, 0.4) is 0 Å². The molecule has 0 bridgehead atoms. The maximum absolute atomic E-state index is 11.6. The lowest BCUT2D eigenvalue weighted by Gasteiger charge is -2.17. The van der Waals surface area contributed by atoms with E-state index in [1.807, 2.05) is 10.8 Å². The van der Waals surface area contributed by atoms with Crippen LogP contribution in [0.4, 0.5) is 17.3 Å². The molecule has 3 rings (SSSR count). The van der Waals surface area contributed by atoms with Gasteiger partial charge in [0.05, 0.1) is 11.3 Å². The largest absolute Gasteiger partial charge is 0.364 e. The Labute approximate surface area is 152 Å². The van der Waals surface area contributed by atoms with E-state index in [1.165, 1.54) is 19.2 Å². The van der Waals surface area contributed by atoms with Gasteiger partial charge in [0.2, 0.25) is 11.6 Å². The van der Waals surface area contributed by atoms with Gasteiger partial charge >= 0.3 is 5.69 Å². The second-order valence-corrected chi connectivity index (χ2v) is 6.59. The molecule has 0 aromatic carbocycles. The lowest BCUT2D eigenvalue weighted by molar-refractivity contribution is -0.383. The molecule has 2 heterocycles. The van der Waals surface area contributed by atoms with Crippen molar-refractivity contribution in [2.75, 3.05) is 17.2 Å². The van der Waals surface area contributed by atoms with Gasteiger partial charge in [-0.05, 0) is 19.3 Å². The third-order valence-electron chi connectivity index (χ3n) is 4.65. The number of nitrogens with zero attached hydrogens (tertiary/aromatic N) is 5. The van der Waals surface area contributed by atoms with Crippen molar-refractivity contribution >= 4 is 17.3 Å². The lowest BCUT2D eigenvalue weighted by atomic mass is 10.1. The van der Waals surface area contributed by atoms with Crippen molar-refractivity contribution in [1.82, 2.24) is 19.5 Å². The summed E-state index contributed by atoms with van der Waals surface area (Å²) in [4.78, 5) is 23.4. The molecule has 9 nitrogen and oxygen atoms in total. The molecule has 1 aliphatic rings. The normalized spacial score (nSPS) is 15.4. The van der Waals surface area contributed by atoms with Crippen LogP contribution in [0, 0.1) is 10.1 Å². The van der Waals surface area contributed by atoms with E-state index in [0.717, 1.165) is 38.6 Å². The van der Waals surface area contributed by atoms with Crippen LogP contribution in [0.25, 0.3) is 0 Å². The summed E-state index contributed by atoms with van der Waals surface area (Å²) in [7, 11) is 0. The first-order chi connectivity index (χ1) is 12.7. The minimum Gasteiger partial charge on any atom is -0.364 e. The number of nitrogens with one attached hydrogen (secondary N) is 2. The lowest BCUT2D eigenvalue weighted by Crippen LogP contribution is -2.20. The second kappa shape index (κ2) is 9.12. The second-order valence-electron chi connectivity index (χ2n) is 6.59. The van der Waals surface area contributed by atoms with Gasteiger partial charge in [0, 0.05) is 31.5 Å². The van der Waals surface area contributed by atoms with Crippen LogP contribution in [0.15, 0.2) is 25.0 Å². The van der Waals surface area contributed by atoms with Crippen molar-refractivity contribution in [3.8, 4) is 0 Å². The number of imidazole rings is 1. The van der Waals surface area contributed by atoms with Gasteiger partial charge in [0.1, 0.15) is 6.33 Å². The Hall–Kier alpha value is -2.71. The molecule has 0 unspecified atom stereocenters. The summed E-state index contributed by atoms with van der Waals surface area (Å²) in [5.74, 6) is 0.584. The molecule has 0 saturated heterocycles. The predicted octanol–water partition coefficient (Wildman–Crippen LogP) is 3.22. The Morgan fingerprint density at radius 2 is 1.96 bits per heavy atom. The third kappa shape index (κ3) is 4.90. The van der Waals surface area contributed by atoms with E-state index in [4.69, 9.17) is 0 Å². The van der Waals surface area contributed by atoms with Crippen LogP contribution in [0.2, 0.25) is 0 Å². The van der Waals surface area contributed by atoms with E-state index in [-0.39, 0.29) is 17.5 Å². The van der Waals surface area contributed by atoms with Crippen molar-refractivity contribution < 1.29 is 4.92 Å². The van der Waals surface area contributed by atoms with E-state index < -0.39 is 4.92 Å². The molecule has 26 heavy (non-hydrogen) atoms. The maximum atomic E-state index is 11.6. The van der Waals surface area contributed by atoms with E-state index >= 15 is 0 Å². The number of hydrogen-bond donors (Lipinski definition) is 2. The van der Waals surface area contributed by atoms with Crippen molar-refractivity contribution in [3.05, 3.63) is 35.2 Å². The first kappa shape index (κ1) is 18.1. The summed E-state index contributed by atoms with van der Waals surface area (Å²) in [5, 5.41) is 18.0. The molecular formula is C17H25N7O2. The molecule has 1 saturated carbocycles. The van der Waals surface area contributed by atoms with Crippen LogP contribution in [0.5, 0.6) is 0 Å². The summed E-state index contributed by atoms with van der Waals surface area (Å²) in [6.45, 7) is 1.37. The Morgan fingerprint density at radius 1 is 1.19 bits per heavy atom. The van der Waals surface area contributed by atoms with Gasteiger partial charge < -0.3 is 15.2 Å². The number of anilines is 2. The molecule has 0 radical (unpaired) electrons. The van der Waals surface area contributed by atoms with Crippen molar-refractivity contribution in [2.45, 2.75) is 57.5 Å². The third-order valence-corrected chi connectivity index (χ3v) is 4.65. The van der Waals surface area contributed by atoms with Crippen LogP contribution >= 0.6 is 0 Å². The average molecular weight is 359 g/mol. The van der Waals surface area contributed by atoms with Gasteiger partial charge in [-0.3, -0.25) is 10.1 Å². The Kier molecular flexibility index (Phi) is 6.34. The molecule has 1 aliphatic carbocycles.